The van der Waals surface area contributed by atoms with Crippen molar-refractivity contribution >= 4 is 15.9 Å². The van der Waals surface area contributed by atoms with E-state index in [2.05, 4.69) is 4.98 Å². The summed E-state index contributed by atoms with van der Waals surface area (Å²) in [6, 6.07) is 10.5. The van der Waals surface area contributed by atoms with E-state index >= 15 is 0 Å². The number of pyridine rings is 1. The molecule has 0 saturated carbocycles. The van der Waals surface area contributed by atoms with Crippen LogP contribution in [-0.4, -0.2) is 61.9 Å². The summed E-state index contributed by atoms with van der Waals surface area (Å²) in [5.74, 6) is -0.243. The van der Waals surface area contributed by atoms with Gasteiger partial charge in [0, 0.05) is 38.5 Å². The first-order chi connectivity index (χ1) is 14.4. The average molecular weight is 432 g/mol. The van der Waals surface area contributed by atoms with E-state index in [-0.39, 0.29) is 10.8 Å². The van der Waals surface area contributed by atoms with Crippen LogP contribution in [0.5, 0.6) is 0 Å². The molecule has 0 spiro atoms. The highest BCUT2D eigenvalue weighted by Gasteiger charge is 2.28. The first-order valence-corrected chi connectivity index (χ1v) is 11.7. The number of piperidine rings is 1. The minimum absolute atomic E-state index is 0.208. The Kier molecular flexibility index (Phi) is 7.58. The molecule has 0 radical (unpaired) electrons. The molecule has 1 fully saturated rings. The zero-order valence-corrected chi connectivity index (χ0v) is 18.4. The average Bonchev–Trinajstić information content (AvgIpc) is 2.77. The smallest absolute Gasteiger partial charge is 0.254 e. The normalized spacial score (nSPS) is 15.1. The third-order valence-corrected chi connectivity index (χ3v) is 7.34. The number of carbonyl (C=O) groups is 1. The van der Waals surface area contributed by atoms with Crippen molar-refractivity contribution in [2.24, 2.45) is 0 Å². The quantitative estimate of drug-likeness (QED) is 0.642. The Morgan fingerprint density at radius 1 is 1.17 bits per heavy atom. The Morgan fingerprint density at radius 3 is 2.60 bits per heavy atom. The molecule has 7 nitrogen and oxygen atoms in total. The second-order valence-electron chi connectivity index (χ2n) is 7.49. The fourth-order valence-corrected chi connectivity index (χ4v) is 5.35. The summed E-state index contributed by atoms with van der Waals surface area (Å²) in [5, 5.41) is 0. The van der Waals surface area contributed by atoms with Crippen LogP contribution in [0.1, 0.15) is 40.9 Å². The number of aromatic nitrogens is 1. The molecule has 1 aliphatic heterocycles. The molecule has 3 rings (SSSR count). The Hall–Kier alpha value is -2.29. The van der Waals surface area contributed by atoms with E-state index in [1.54, 1.807) is 37.3 Å². The van der Waals surface area contributed by atoms with Crippen molar-refractivity contribution in [2.75, 3.05) is 33.4 Å². The fraction of sp³-hybridized carbons (Fsp3) is 0.455. The number of benzene rings is 1. The maximum atomic E-state index is 13.3. The number of sulfonamides is 1. The molecule has 0 atom stereocenters. The van der Waals surface area contributed by atoms with E-state index < -0.39 is 10.0 Å². The number of aryl methyl sites for hydroxylation is 1. The summed E-state index contributed by atoms with van der Waals surface area (Å²) in [6.45, 7) is 3.91. The number of carbonyl (C=O) groups excluding carboxylic acids is 1. The molecular weight excluding hydrogens is 402 g/mol. The molecule has 0 unspecified atom stereocenters. The number of hydrogen-bond acceptors (Lipinski definition) is 5. The predicted octanol–water partition coefficient (Wildman–Crippen LogP) is 2.85. The van der Waals surface area contributed by atoms with E-state index in [1.165, 1.54) is 10.4 Å². The van der Waals surface area contributed by atoms with Crippen LogP contribution in [0.4, 0.5) is 0 Å². The van der Waals surface area contributed by atoms with Crippen LogP contribution in [0.25, 0.3) is 0 Å². The summed E-state index contributed by atoms with van der Waals surface area (Å²) < 4.78 is 33.1. The van der Waals surface area contributed by atoms with Gasteiger partial charge in [0.05, 0.1) is 23.7 Å². The Balaban J connectivity index is 1.89. The summed E-state index contributed by atoms with van der Waals surface area (Å²) in [7, 11) is -2.04. The van der Waals surface area contributed by atoms with Crippen molar-refractivity contribution in [1.82, 2.24) is 14.2 Å². The molecule has 0 N–H and O–H groups in total. The molecule has 162 valence electrons. The largest absolute Gasteiger partial charge is 0.383 e. The molecule has 2 aromatic rings. The lowest BCUT2D eigenvalue weighted by atomic mass is 10.1. The number of ether oxygens (including phenoxy) is 1. The van der Waals surface area contributed by atoms with Gasteiger partial charge < -0.3 is 9.64 Å². The van der Waals surface area contributed by atoms with Crippen molar-refractivity contribution in [3.63, 3.8) is 0 Å². The summed E-state index contributed by atoms with van der Waals surface area (Å²) in [4.78, 5) is 19.4. The van der Waals surface area contributed by atoms with Crippen molar-refractivity contribution in [1.29, 1.82) is 0 Å². The molecule has 1 saturated heterocycles. The first kappa shape index (κ1) is 22.4. The molecule has 1 amide bonds. The van der Waals surface area contributed by atoms with E-state index in [0.717, 1.165) is 25.0 Å². The highest BCUT2D eigenvalue weighted by molar-refractivity contribution is 7.89. The van der Waals surface area contributed by atoms with Gasteiger partial charge in [-0.3, -0.25) is 9.78 Å². The highest BCUT2D eigenvalue weighted by atomic mass is 32.2. The molecule has 0 bridgehead atoms. The van der Waals surface area contributed by atoms with Crippen molar-refractivity contribution < 1.29 is 17.9 Å². The van der Waals surface area contributed by atoms with Gasteiger partial charge >= 0.3 is 0 Å². The minimum atomic E-state index is -3.62. The van der Waals surface area contributed by atoms with Crippen LogP contribution in [0.2, 0.25) is 0 Å². The topological polar surface area (TPSA) is 79.8 Å². The second-order valence-corrected chi connectivity index (χ2v) is 9.39. The number of amides is 1. The maximum absolute atomic E-state index is 13.3. The van der Waals surface area contributed by atoms with Crippen LogP contribution in [-0.2, 0) is 21.3 Å². The number of nitrogens with zero attached hydrogens (tertiary/aromatic N) is 3. The molecule has 0 aliphatic carbocycles. The Morgan fingerprint density at radius 2 is 1.93 bits per heavy atom. The maximum Gasteiger partial charge on any atom is 0.254 e. The van der Waals surface area contributed by atoms with Gasteiger partial charge in [0.2, 0.25) is 10.0 Å². The highest BCUT2D eigenvalue weighted by Crippen LogP contribution is 2.25. The number of rotatable bonds is 8. The van der Waals surface area contributed by atoms with E-state index in [1.807, 2.05) is 18.2 Å². The molecule has 1 aromatic heterocycles. The molecule has 1 aromatic carbocycles. The lowest BCUT2D eigenvalue weighted by Crippen LogP contribution is -2.36. The van der Waals surface area contributed by atoms with Gasteiger partial charge in [-0.15, -0.1) is 0 Å². The van der Waals surface area contributed by atoms with Crippen LogP contribution >= 0.6 is 0 Å². The van der Waals surface area contributed by atoms with Gasteiger partial charge in [-0.25, -0.2) is 8.42 Å². The van der Waals surface area contributed by atoms with Crippen molar-refractivity contribution in [2.45, 2.75) is 37.6 Å². The fourth-order valence-electron chi connectivity index (χ4n) is 3.58. The first-order valence-electron chi connectivity index (χ1n) is 10.2. The van der Waals surface area contributed by atoms with Crippen molar-refractivity contribution in [3.8, 4) is 0 Å². The lowest BCUT2D eigenvalue weighted by Gasteiger charge is -2.27. The monoisotopic (exact) mass is 431 g/mol. The van der Waals surface area contributed by atoms with Crippen LogP contribution in [0, 0.1) is 6.92 Å². The summed E-state index contributed by atoms with van der Waals surface area (Å²) >= 11 is 0. The van der Waals surface area contributed by atoms with Gasteiger partial charge in [0.1, 0.15) is 0 Å². The molecule has 8 heteroatoms. The number of methoxy groups -OCH3 is 1. The van der Waals surface area contributed by atoms with Crippen LogP contribution in [0.3, 0.4) is 0 Å². The SMILES string of the molecule is COCCN(Cc1ccccn1)C(=O)c1ccc(C)c(S(=O)(=O)N2CCCCC2)c1. The van der Waals surface area contributed by atoms with Crippen molar-refractivity contribution in [3.05, 3.63) is 59.4 Å². The molecule has 1 aliphatic rings. The van der Waals surface area contributed by atoms with Gasteiger partial charge in [-0.05, 0) is 49.6 Å². The summed E-state index contributed by atoms with van der Waals surface area (Å²) in [5.41, 5.74) is 1.75. The van der Waals surface area contributed by atoms with E-state index in [0.29, 0.717) is 43.9 Å². The van der Waals surface area contributed by atoms with Gasteiger partial charge in [-0.2, -0.15) is 4.31 Å². The summed E-state index contributed by atoms with van der Waals surface area (Å²) in [6.07, 6.45) is 4.46. The third-order valence-electron chi connectivity index (χ3n) is 5.30. The zero-order chi connectivity index (χ0) is 21.6. The van der Waals surface area contributed by atoms with Crippen LogP contribution < -0.4 is 0 Å². The molecule has 30 heavy (non-hydrogen) atoms. The molecule has 2 heterocycles. The lowest BCUT2D eigenvalue weighted by molar-refractivity contribution is 0.0677. The standard InChI is InChI=1S/C22H29N3O4S/c1-18-9-10-19(16-21(18)30(27,28)25-12-6-3-7-13-25)22(26)24(14-15-29-2)17-20-8-4-5-11-23-20/h4-5,8-11,16H,3,6-7,12-15,17H2,1-2H3. The minimum Gasteiger partial charge on any atom is -0.383 e. The third kappa shape index (κ3) is 5.24. The predicted molar refractivity (Wildman–Crippen MR) is 115 cm³/mol. The van der Waals surface area contributed by atoms with Gasteiger partial charge in [-0.1, -0.05) is 18.6 Å². The second kappa shape index (κ2) is 10.1. The Labute approximate surface area is 178 Å². The van der Waals surface area contributed by atoms with Crippen LogP contribution in [0.15, 0.2) is 47.5 Å². The molecular formula is C22H29N3O4S. The van der Waals surface area contributed by atoms with Gasteiger partial charge in [0.15, 0.2) is 0 Å². The Bertz CT molecular complexity index is 958. The van der Waals surface area contributed by atoms with E-state index in [9.17, 15) is 13.2 Å². The van der Waals surface area contributed by atoms with Gasteiger partial charge in [0.25, 0.3) is 5.91 Å². The number of hydrogen-bond donors (Lipinski definition) is 0. The zero-order valence-electron chi connectivity index (χ0n) is 17.6. The van der Waals surface area contributed by atoms with E-state index in [4.69, 9.17) is 4.74 Å².